The van der Waals surface area contributed by atoms with E-state index in [1.807, 2.05) is 0 Å². The van der Waals surface area contributed by atoms with Crippen molar-refractivity contribution in [1.82, 2.24) is 10.2 Å². The van der Waals surface area contributed by atoms with Gasteiger partial charge >= 0.3 is 12.2 Å². The molecule has 9 heteroatoms. The first-order valence-electron chi connectivity index (χ1n) is 7.30. The number of carbonyl (C=O) groups is 1. The van der Waals surface area contributed by atoms with Crippen molar-refractivity contribution in [2.24, 2.45) is 0 Å². The number of likely N-dealkylation sites (N-methyl/N-ethyl adjacent to an activating group) is 1. The van der Waals surface area contributed by atoms with E-state index in [1.165, 1.54) is 6.26 Å². The summed E-state index contributed by atoms with van der Waals surface area (Å²) >= 11 is 0. The fourth-order valence-electron chi connectivity index (χ4n) is 2.17. The van der Waals surface area contributed by atoms with E-state index >= 15 is 0 Å². The molecule has 0 radical (unpaired) electrons. The predicted octanol–water partition coefficient (Wildman–Crippen LogP) is 3.86. The van der Waals surface area contributed by atoms with Crippen molar-refractivity contribution in [3.05, 3.63) is 53.7 Å². The van der Waals surface area contributed by atoms with Gasteiger partial charge in [0.2, 0.25) is 0 Å². The lowest BCUT2D eigenvalue weighted by Gasteiger charge is -2.22. The van der Waals surface area contributed by atoms with Crippen LogP contribution in [0.3, 0.4) is 0 Å². The topological polar surface area (TPSA) is 57.5 Å². The SMILES string of the molecule is CN(C)C(CNC(=O)Nc1cc(C(F)(F)F)ccc1F)c1ccco1. The Hall–Kier alpha value is -2.55. The van der Waals surface area contributed by atoms with Crippen LogP contribution in [-0.2, 0) is 6.18 Å². The van der Waals surface area contributed by atoms with Gasteiger partial charge < -0.3 is 15.1 Å². The zero-order chi connectivity index (χ0) is 18.6. The van der Waals surface area contributed by atoms with E-state index in [0.717, 1.165) is 0 Å². The molecule has 0 aliphatic rings. The van der Waals surface area contributed by atoms with Crippen molar-refractivity contribution in [1.29, 1.82) is 0 Å². The van der Waals surface area contributed by atoms with Crippen molar-refractivity contribution < 1.29 is 26.8 Å². The number of nitrogens with zero attached hydrogens (tertiary/aromatic N) is 1. The molecule has 0 bridgehead atoms. The maximum atomic E-state index is 13.6. The Kier molecular flexibility index (Phi) is 5.68. The summed E-state index contributed by atoms with van der Waals surface area (Å²) < 4.78 is 56.9. The fraction of sp³-hybridized carbons (Fsp3) is 0.312. The second-order valence-corrected chi connectivity index (χ2v) is 5.52. The number of nitrogens with one attached hydrogen (secondary N) is 2. The average molecular weight is 359 g/mol. The minimum Gasteiger partial charge on any atom is -0.468 e. The number of rotatable bonds is 5. The van der Waals surface area contributed by atoms with Gasteiger partial charge in [-0.05, 0) is 44.4 Å². The highest BCUT2D eigenvalue weighted by atomic mass is 19.4. The van der Waals surface area contributed by atoms with Crippen molar-refractivity contribution in [3.63, 3.8) is 0 Å². The summed E-state index contributed by atoms with van der Waals surface area (Å²) in [7, 11) is 3.55. The molecule has 1 heterocycles. The molecule has 0 spiro atoms. The number of furan rings is 1. The molecule has 0 saturated heterocycles. The summed E-state index contributed by atoms with van der Waals surface area (Å²) in [4.78, 5) is 13.7. The van der Waals surface area contributed by atoms with Crippen molar-refractivity contribution in [2.75, 3.05) is 26.0 Å². The van der Waals surface area contributed by atoms with E-state index < -0.39 is 29.3 Å². The molecule has 1 unspecified atom stereocenters. The van der Waals surface area contributed by atoms with Crippen molar-refractivity contribution in [3.8, 4) is 0 Å². The number of amides is 2. The van der Waals surface area contributed by atoms with Crippen LogP contribution >= 0.6 is 0 Å². The lowest BCUT2D eigenvalue weighted by molar-refractivity contribution is -0.137. The third-order valence-corrected chi connectivity index (χ3v) is 3.49. The maximum Gasteiger partial charge on any atom is 0.416 e. The second kappa shape index (κ2) is 7.56. The van der Waals surface area contributed by atoms with Crippen LogP contribution in [0.5, 0.6) is 0 Å². The molecule has 2 N–H and O–H groups in total. The zero-order valence-corrected chi connectivity index (χ0v) is 13.5. The largest absolute Gasteiger partial charge is 0.468 e. The van der Waals surface area contributed by atoms with E-state index in [4.69, 9.17) is 4.42 Å². The van der Waals surface area contributed by atoms with Gasteiger partial charge in [-0.1, -0.05) is 0 Å². The Bertz CT molecular complexity index is 715. The molecule has 136 valence electrons. The van der Waals surface area contributed by atoms with Gasteiger partial charge in [0.1, 0.15) is 11.6 Å². The molecule has 2 aromatic rings. The maximum absolute atomic E-state index is 13.6. The molecule has 5 nitrogen and oxygen atoms in total. The highest BCUT2D eigenvalue weighted by molar-refractivity contribution is 5.89. The van der Waals surface area contributed by atoms with Crippen LogP contribution in [-0.4, -0.2) is 31.6 Å². The molecular formula is C16H17F4N3O2. The third-order valence-electron chi connectivity index (χ3n) is 3.49. The number of benzene rings is 1. The smallest absolute Gasteiger partial charge is 0.416 e. The number of alkyl halides is 3. The lowest BCUT2D eigenvalue weighted by Crippen LogP contribution is -2.37. The Labute approximate surface area is 141 Å². The molecule has 2 rings (SSSR count). The van der Waals surface area contributed by atoms with Crippen LogP contribution in [0.2, 0.25) is 0 Å². The summed E-state index contributed by atoms with van der Waals surface area (Å²) in [6.45, 7) is 0.118. The minimum absolute atomic E-state index is 0.118. The van der Waals surface area contributed by atoms with E-state index in [9.17, 15) is 22.4 Å². The first kappa shape index (κ1) is 18.8. The van der Waals surface area contributed by atoms with Gasteiger partial charge in [-0.2, -0.15) is 13.2 Å². The Morgan fingerprint density at radius 2 is 2.00 bits per heavy atom. The Morgan fingerprint density at radius 3 is 2.56 bits per heavy atom. The summed E-state index contributed by atoms with van der Waals surface area (Å²) in [6.07, 6.45) is -3.14. The number of carbonyl (C=O) groups excluding carboxylic acids is 1. The summed E-state index contributed by atoms with van der Waals surface area (Å²) in [5, 5.41) is 4.57. The molecule has 1 aromatic heterocycles. The number of anilines is 1. The summed E-state index contributed by atoms with van der Waals surface area (Å²) in [6, 6.07) is 4.14. The van der Waals surface area contributed by atoms with Crippen molar-refractivity contribution in [2.45, 2.75) is 12.2 Å². The van der Waals surface area contributed by atoms with E-state index in [2.05, 4.69) is 10.6 Å². The first-order valence-corrected chi connectivity index (χ1v) is 7.30. The third kappa shape index (κ3) is 4.96. The molecule has 0 aliphatic heterocycles. The van der Waals surface area contributed by atoms with Gasteiger partial charge in [0.05, 0.1) is 23.6 Å². The summed E-state index contributed by atoms with van der Waals surface area (Å²) in [5.41, 5.74) is -1.60. The normalized spacial score (nSPS) is 12.9. The van der Waals surface area contributed by atoms with Crippen molar-refractivity contribution >= 4 is 11.7 Å². The van der Waals surface area contributed by atoms with Gasteiger partial charge in [-0.15, -0.1) is 0 Å². The monoisotopic (exact) mass is 359 g/mol. The second-order valence-electron chi connectivity index (χ2n) is 5.52. The number of urea groups is 1. The van der Waals surface area contributed by atoms with Gasteiger partial charge in [-0.3, -0.25) is 4.90 Å². The highest BCUT2D eigenvalue weighted by Gasteiger charge is 2.31. The van der Waals surface area contributed by atoms with Crippen LogP contribution in [0.4, 0.5) is 28.0 Å². The van der Waals surface area contributed by atoms with Crippen LogP contribution < -0.4 is 10.6 Å². The number of halogens is 4. The molecule has 1 aromatic carbocycles. The minimum atomic E-state index is -4.63. The average Bonchev–Trinajstić information content (AvgIpc) is 3.02. The molecule has 25 heavy (non-hydrogen) atoms. The standard InChI is InChI=1S/C16H17F4N3O2/c1-23(2)13(14-4-3-7-25-14)9-21-15(24)22-12-8-10(16(18,19)20)5-6-11(12)17/h3-8,13H,9H2,1-2H3,(H2,21,22,24). The zero-order valence-electron chi connectivity index (χ0n) is 13.5. The first-order chi connectivity index (χ1) is 11.7. The Balaban J connectivity index is 2.03. The lowest BCUT2D eigenvalue weighted by atomic mass is 10.2. The molecule has 0 fully saturated rings. The van der Waals surface area contributed by atoms with Crippen LogP contribution in [0.15, 0.2) is 41.0 Å². The van der Waals surface area contributed by atoms with E-state index in [0.29, 0.717) is 24.0 Å². The number of hydrogen-bond donors (Lipinski definition) is 2. The fourth-order valence-corrected chi connectivity index (χ4v) is 2.17. The molecule has 0 saturated carbocycles. The molecular weight excluding hydrogens is 342 g/mol. The highest BCUT2D eigenvalue weighted by Crippen LogP contribution is 2.31. The Morgan fingerprint density at radius 1 is 1.28 bits per heavy atom. The predicted molar refractivity (Wildman–Crippen MR) is 83.6 cm³/mol. The van der Waals surface area contributed by atoms with Crippen LogP contribution in [0, 0.1) is 5.82 Å². The molecule has 1 atom stereocenters. The van der Waals surface area contributed by atoms with Crippen LogP contribution in [0.25, 0.3) is 0 Å². The van der Waals surface area contributed by atoms with Crippen LogP contribution in [0.1, 0.15) is 17.4 Å². The number of hydrogen-bond acceptors (Lipinski definition) is 3. The van der Waals surface area contributed by atoms with Gasteiger partial charge in [0, 0.05) is 6.54 Å². The molecule has 0 aliphatic carbocycles. The van der Waals surface area contributed by atoms with E-state index in [1.54, 1.807) is 31.1 Å². The van der Waals surface area contributed by atoms with E-state index in [-0.39, 0.29) is 12.6 Å². The molecule has 2 amide bonds. The van der Waals surface area contributed by atoms with Gasteiger partial charge in [0.25, 0.3) is 0 Å². The summed E-state index contributed by atoms with van der Waals surface area (Å²) in [5.74, 6) is -0.353. The van der Waals surface area contributed by atoms with Gasteiger partial charge in [0.15, 0.2) is 0 Å². The quantitative estimate of drug-likeness (QED) is 0.797. The van der Waals surface area contributed by atoms with Gasteiger partial charge in [-0.25, -0.2) is 9.18 Å².